The van der Waals surface area contributed by atoms with Crippen molar-refractivity contribution in [2.45, 2.75) is 13.5 Å². The van der Waals surface area contributed by atoms with E-state index in [0.717, 1.165) is 42.3 Å². The Labute approximate surface area is 201 Å². The third-order valence-corrected chi connectivity index (χ3v) is 6.43. The Morgan fingerprint density at radius 3 is 2.71 bits per heavy atom. The predicted octanol–water partition coefficient (Wildman–Crippen LogP) is 4.14. The van der Waals surface area contributed by atoms with Crippen LogP contribution in [-0.2, 0) is 6.54 Å². The first-order chi connectivity index (χ1) is 16.5. The molecule has 0 bridgehead atoms. The van der Waals surface area contributed by atoms with Crippen LogP contribution in [0.4, 0.5) is 23.0 Å². The molecule has 0 saturated carbocycles. The summed E-state index contributed by atoms with van der Waals surface area (Å²) < 4.78 is 10.8. The fourth-order valence-electron chi connectivity index (χ4n) is 4.15. The Balaban J connectivity index is 1.31. The Morgan fingerprint density at radius 2 is 1.91 bits per heavy atom. The molecule has 0 aliphatic carbocycles. The van der Waals surface area contributed by atoms with Crippen LogP contribution in [-0.4, -0.2) is 52.8 Å². The van der Waals surface area contributed by atoms with Crippen molar-refractivity contribution in [2.75, 3.05) is 43.2 Å². The number of hydrogen-bond donors (Lipinski definition) is 1. The van der Waals surface area contributed by atoms with Crippen LogP contribution in [0.15, 0.2) is 42.7 Å². The van der Waals surface area contributed by atoms with Gasteiger partial charge in [0.25, 0.3) is 0 Å². The molecule has 0 unspecified atom stereocenters. The van der Waals surface area contributed by atoms with Gasteiger partial charge in [-0.3, -0.25) is 15.0 Å². The first-order valence-electron chi connectivity index (χ1n) is 10.9. The molecule has 2 aliphatic rings. The van der Waals surface area contributed by atoms with Gasteiger partial charge in [-0.2, -0.15) is 0 Å². The Hall–Kier alpha value is -3.63. The summed E-state index contributed by atoms with van der Waals surface area (Å²) in [7, 11) is 0. The van der Waals surface area contributed by atoms with E-state index in [9.17, 15) is 10.1 Å². The summed E-state index contributed by atoms with van der Waals surface area (Å²) in [5.41, 5.74) is 2.43. The van der Waals surface area contributed by atoms with E-state index in [1.165, 1.54) is 6.33 Å². The Morgan fingerprint density at radius 1 is 1.12 bits per heavy atom. The minimum absolute atomic E-state index is 0.142. The second-order valence-electron chi connectivity index (χ2n) is 8.14. The lowest BCUT2D eigenvalue weighted by Crippen LogP contribution is -2.46. The molecule has 2 aliphatic heterocycles. The third-order valence-electron chi connectivity index (χ3n) is 6.02. The number of halogens is 1. The van der Waals surface area contributed by atoms with Crippen molar-refractivity contribution in [2.24, 2.45) is 0 Å². The van der Waals surface area contributed by atoms with Crippen molar-refractivity contribution < 1.29 is 14.4 Å². The van der Waals surface area contributed by atoms with E-state index in [2.05, 4.69) is 20.2 Å². The maximum Gasteiger partial charge on any atom is 0.353 e. The van der Waals surface area contributed by atoms with Gasteiger partial charge < -0.3 is 19.7 Å². The highest BCUT2D eigenvalue weighted by atomic mass is 35.5. The normalized spacial score (nSPS) is 15.4. The van der Waals surface area contributed by atoms with Crippen molar-refractivity contribution in [1.29, 1.82) is 0 Å². The molecule has 2 aromatic carbocycles. The summed E-state index contributed by atoms with van der Waals surface area (Å²) in [6, 6.07) is 11.3. The van der Waals surface area contributed by atoms with Crippen LogP contribution in [0.25, 0.3) is 0 Å². The molecule has 3 heterocycles. The number of piperazine rings is 1. The first kappa shape index (κ1) is 22.2. The molecule has 0 spiro atoms. The highest BCUT2D eigenvalue weighted by Crippen LogP contribution is 2.36. The van der Waals surface area contributed by atoms with E-state index >= 15 is 0 Å². The summed E-state index contributed by atoms with van der Waals surface area (Å²) in [5, 5.41) is 15.7. The average molecular weight is 483 g/mol. The largest absolute Gasteiger partial charge is 0.454 e. The molecular formula is C23H23ClN6O4. The smallest absolute Gasteiger partial charge is 0.353 e. The molecule has 34 heavy (non-hydrogen) atoms. The van der Waals surface area contributed by atoms with Gasteiger partial charge >= 0.3 is 5.69 Å². The van der Waals surface area contributed by atoms with Crippen molar-refractivity contribution in [1.82, 2.24) is 14.9 Å². The minimum Gasteiger partial charge on any atom is -0.454 e. The summed E-state index contributed by atoms with van der Waals surface area (Å²) in [5.74, 6) is 1.98. The Bertz CT molecular complexity index is 1230. The molecule has 0 atom stereocenters. The number of nitro groups is 1. The number of anilines is 3. The summed E-state index contributed by atoms with van der Waals surface area (Å²) in [4.78, 5) is 24.3. The molecule has 10 nitrogen and oxygen atoms in total. The fraction of sp³-hybridized carbons (Fsp3) is 0.304. The predicted molar refractivity (Wildman–Crippen MR) is 128 cm³/mol. The van der Waals surface area contributed by atoms with Crippen molar-refractivity contribution in [3.8, 4) is 11.5 Å². The molecule has 1 fully saturated rings. The van der Waals surface area contributed by atoms with E-state index in [0.29, 0.717) is 29.6 Å². The van der Waals surface area contributed by atoms with Crippen molar-refractivity contribution in [3.63, 3.8) is 0 Å². The number of benzene rings is 2. The molecular weight excluding hydrogens is 460 g/mol. The SMILES string of the molecule is Cc1c(Cl)cccc1Nc1ncnc(N2CCN(Cc3ccc4c(c3)OCO4)CC2)c1[N+](=O)[O-]. The Kier molecular flexibility index (Phi) is 6.08. The monoisotopic (exact) mass is 482 g/mol. The zero-order valence-corrected chi connectivity index (χ0v) is 19.3. The average Bonchev–Trinajstić information content (AvgIpc) is 3.30. The van der Waals surface area contributed by atoms with Gasteiger partial charge in [0.05, 0.1) is 4.92 Å². The lowest BCUT2D eigenvalue weighted by Gasteiger charge is -2.35. The lowest BCUT2D eigenvalue weighted by atomic mass is 10.1. The molecule has 176 valence electrons. The van der Waals surface area contributed by atoms with E-state index in [1.54, 1.807) is 12.1 Å². The van der Waals surface area contributed by atoms with Gasteiger partial charge in [0.1, 0.15) is 6.33 Å². The van der Waals surface area contributed by atoms with Crippen LogP contribution < -0.4 is 19.7 Å². The zero-order valence-electron chi connectivity index (χ0n) is 18.5. The molecule has 5 rings (SSSR count). The number of aromatic nitrogens is 2. The molecule has 3 aromatic rings. The quantitative estimate of drug-likeness (QED) is 0.409. The van der Waals surface area contributed by atoms with Crippen LogP contribution in [0.1, 0.15) is 11.1 Å². The highest BCUT2D eigenvalue weighted by molar-refractivity contribution is 6.31. The molecule has 1 aromatic heterocycles. The minimum atomic E-state index is -0.434. The van der Waals surface area contributed by atoms with E-state index in [4.69, 9.17) is 21.1 Å². The van der Waals surface area contributed by atoms with Gasteiger partial charge in [-0.15, -0.1) is 0 Å². The molecule has 0 amide bonds. The van der Waals surface area contributed by atoms with Crippen LogP contribution in [0.3, 0.4) is 0 Å². The van der Waals surface area contributed by atoms with E-state index in [1.807, 2.05) is 36.1 Å². The van der Waals surface area contributed by atoms with Crippen molar-refractivity contribution in [3.05, 3.63) is 69.0 Å². The molecule has 11 heteroatoms. The maximum atomic E-state index is 12.0. The van der Waals surface area contributed by atoms with Gasteiger partial charge in [-0.25, -0.2) is 9.97 Å². The number of hydrogen-bond acceptors (Lipinski definition) is 9. The lowest BCUT2D eigenvalue weighted by molar-refractivity contribution is -0.383. The number of nitrogens with zero attached hydrogens (tertiary/aromatic N) is 5. The summed E-state index contributed by atoms with van der Waals surface area (Å²) in [6.07, 6.45) is 1.35. The molecule has 1 saturated heterocycles. The van der Waals surface area contributed by atoms with Crippen LogP contribution >= 0.6 is 11.6 Å². The van der Waals surface area contributed by atoms with Gasteiger partial charge in [0.2, 0.25) is 18.4 Å². The second-order valence-corrected chi connectivity index (χ2v) is 8.55. The zero-order chi connectivity index (χ0) is 23.7. The van der Waals surface area contributed by atoms with Gasteiger partial charge in [-0.1, -0.05) is 23.7 Å². The third kappa shape index (κ3) is 4.42. The van der Waals surface area contributed by atoms with Crippen LogP contribution in [0, 0.1) is 17.0 Å². The molecule has 0 radical (unpaired) electrons. The van der Waals surface area contributed by atoms with E-state index in [-0.39, 0.29) is 18.3 Å². The number of fused-ring (bicyclic) bond motifs is 1. The van der Waals surface area contributed by atoms with Crippen LogP contribution in [0.5, 0.6) is 11.5 Å². The summed E-state index contributed by atoms with van der Waals surface area (Å²) >= 11 is 6.20. The van der Waals surface area contributed by atoms with Gasteiger partial charge in [-0.05, 0) is 42.3 Å². The maximum absolute atomic E-state index is 12.0. The standard InChI is InChI=1S/C23H23ClN6O4/c1-15-17(24)3-2-4-18(15)27-22-21(30(31)32)23(26-13-25-22)29-9-7-28(8-10-29)12-16-5-6-19-20(11-16)34-14-33-19/h2-6,11,13H,7-10,12,14H2,1H3,(H,25,26,27). The van der Waals surface area contributed by atoms with E-state index < -0.39 is 4.92 Å². The molecule has 1 N–H and O–H groups in total. The van der Waals surface area contributed by atoms with Crippen molar-refractivity contribution >= 4 is 34.6 Å². The summed E-state index contributed by atoms with van der Waals surface area (Å²) in [6.45, 7) is 5.56. The highest BCUT2D eigenvalue weighted by Gasteiger charge is 2.29. The van der Waals surface area contributed by atoms with Gasteiger partial charge in [0.15, 0.2) is 11.5 Å². The topological polar surface area (TPSA) is 106 Å². The fourth-order valence-corrected chi connectivity index (χ4v) is 4.32. The number of rotatable bonds is 6. The first-order valence-corrected chi connectivity index (χ1v) is 11.2. The number of nitrogens with one attached hydrogen (secondary N) is 1. The second kappa shape index (κ2) is 9.32. The number of ether oxygens (including phenoxy) is 2. The van der Waals surface area contributed by atoms with Crippen LogP contribution in [0.2, 0.25) is 5.02 Å². The van der Waals surface area contributed by atoms with Gasteiger partial charge in [0, 0.05) is 43.4 Å².